The fourth-order valence-corrected chi connectivity index (χ4v) is 0.825. The van der Waals surface area contributed by atoms with Gasteiger partial charge >= 0.3 is 0 Å². The molecule has 1 fully saturated rings. The van der Waals surface area contributed by atoms with Gasteiger partial charge in [0.2, 0.25) is 0 Å². The number of nitrogens with two attached hydrogens (primary N) is 1. The largest absolute Gasteiger partial charge is 0.397 e. The van der Waals surface area contributed by atoms with Crippen LogP contribution in [0.25, 0.3) is 0 Å². The van der Waals surface area contributed by atoms with Crippen molar-refractivity contribution in [2.24, 2.45) is 5.89 Å². The Balaban J connectivity index is 3.02. The summed E-state index contributed by atoms with van der Waals surface area (Å²) in [5.41, 5.74) is 3.70. The predicted octanol–water partition coefficient (Wildman–Crippen LogP) is 1.90. The lowest BCUT2D eigenvalue weighted by Crippen LogP contribution is -2.32. The van der Waals surface area contributed by atoms with Crippen molar-refractivity contribution in [3.63, 3.8) is 0 Å². The molecular weight excluding hydrogens is 174 g/mol. The molecule has 0 bridgehead atoms. The Hall–Kier alpha value is -1.25. The van der Waals surface area contributed by atoms with Crippen LogP contribution in [-0.4, -0.2) is 18.0 Å². The van der Waals surface area contributed by atoms with Crippen LogP contribution in [0.5, 0.6) is 0 Å². The van der Waals surface area contributed by atoms with Crippen LogP contribution in [0.15, 0.2) is 18.4 Å². The van der Waals surface area contributed by atoms with Crippen molar-refractivity contribution in [1.29, 1.82) is 0 Å². The number of nitrogens with zero attached hydrogens (tertiary/aromatic N) is 2. The monoisotopic (exact) mass is 206 g/mol. The summed E-state index contributed by atoms with van der Waals surface area (Å²) in [6.45, 7) is -11.3. The third-order valence-electron chi connectivity index (χ3n) is 1.40. The van der Waals surface area contributed by atoms with Crippen LogP contribution in [0.2, 0.25) is 0 Å². The van der Waals surface area contributed by atoms with Crippen molar-refractivity contribution in [1.82, 2.24) is 4.98 Å². The Labute approximate surface area is 106 Å². The maximum atomic E-state index is 8.17. The molecule has 3 heteroatoms. The van der Waals surface area contributed by atoms with E-state index in [4.69, 9.17) is 26.3 Å². The zero-order valence-electron chi connectivity index (χ0n) is 22.0. The number of pyridine rings is 1. The molecule has 2 rings (SSSR count). The molecule has 0 amide bonds. The Morgan fingerprint density at radius 3 is 3.21 bits per heavy atom. The van der Waals surface area contributed by atoms with Crippen molar-refractivity contribution in [3.05, 3.63) is 18.4 Å². The van der Waals surface area contributed by atoms with Gasteiger partial charge in [-0.15, -0.1) is 0 Å². The molecule has 1 aromatic heterocycles. The highest BCUT2D eigenvalue weighted by Gasteiger charge is 2.15. The molecule has 1 aliphatic rings. The summed E-state index contributed by atoms with van der Waals surface area (Å²) in [6, 6.07) is -0.985. The molecule has 2 N–H and O–H groups in total. The van der Waals surface area contributed by atoms with Crippen LogP contribution in [0.3, 0.4) is 0 Å². The van der Waals surface area contributed by atoms with Gasteiger partial charge in [-0.05, 0) is 24.7 Å². The van der Waals surface area contributed by atoms with Crippen LogP contribution >= 0.6 is 0 Å². The third kappa shape index (κ3) is 1.97. The highest BCUT2D eigenvalue weighted by atomic mass is 15.1. The molecule has 0 spiro atoms. The second-order valence-corrected chi connectivity index (χ2v) is 2.41. The topological polar surface area (TPSA) is 42.2 Å². The SMILES string of the molecule is [2H]c1nc([2H])c(N2C([2H])([2H])C([2H])([2H])C([2H])(C([2H])([2H])[2H])C([2H])([2H])C2([2H])[2H])c([2H])c1N. The molecule has 1 saturated heterocycles. The minimum Gasteiger partial charge on any atom is -0.397 e. The van der Waals surface area contributed by atoms with Gasteiger partial charge in [0, 0.05) is 35.6 Å². The third-order valence-corrected chi connectivity index (χ3v) is 1.40. The quantitative estimate of drug-likeness (QED) is 0.763. The molecule has 3 nitrogen and oxygen atoms in total. The van der Waals surface area contributed by atoms with Crippen molar-refractivity contribution >= 4 is 11.4 Å². The van der Waals surface area contributed by atoms with E-state index in [-0.39, 0.29) is 4.90 Å². The van der Waals surface area contributed by atoms with Crippen LogP contribution < -0.4 is 10.6 Å². The van der Waals surface area contributed by atoms with E-state index < -0.39 is 68.2 Å². The molecule has 14 heavy (non-hydrogen) atoms. The first kappa shape index (κ1) is 2.13. The maximum Gasteiger partial charge on any atom is 0.0862 e. The number of anilines is 2. The first-order valence-corrected chi connectivity index (χ1v) is 3.66. The predicted molar refractivity (Wildman–Crippen MR) is 59.3 cm³/mol. The van der Waals surface area contributed by atoms with Gasteiger partial charge in [-0.25, -0.2) is 0 Å². The number of nitrogen functional groups attached to an aromatic ring is 1. The van der Waals surface area contributed by atoms with Gasteiger partial charge in [0.15, 0.2) is 0 Å². The molecule has 0 aliphatic carbocycles. The average Bonchev–Trinajstić information content (AvgIpc) is 2.52. The molecule has 76 valence electrons. The number of aromatic nitrogens is 1. The van der Waals surface area contributed by atoms with Gasteiger partial charge in [-0.3, -0.25) is 4.98 Å². The van der Waals surface area contributed by atoms with Crippen LogP contribution in [0, 0.1) is 5.89 Å². The fourth-order valence-electron chi connectivity index (χ4n) is 0.825. The van der Waals surface area contributed by atoms with Crippen LogP contribution in [0.1, 0.15) is 40.2 Å². The first-order valence-electron chi connectivity index (χ1n) is 11.2. The lowest BCUT2D eigenvalue weighted by atomic mass is 9.99. The minimum absolute atomic E-state index is 0.244. The van der Waals surface area contributed by atoms with E-state index in [9.17, 15) is 0 Å². The van der Waals surface area contributed by atoms with E-state index in [1.807, 2.05) is 0 Å². The maximum absolute atomic E-state index is 8.17. The summed E-state index contributed by atoms with van der Waals surface area (Å²) < 4.78 is 119. The molecule has 0 aromatic carbocycles. The summed E-state index contributed by atoms with van der Waals surface area (Å²) in [5, 5.41) is 0. The van der Waals surface area contributed by atoms with E-state index in [1.165, 1.54) is 0 Å². The number of rotatable bonds is 1. The lowest BCUT2D eigenvalue weighted by molar-refractivity contribution is 0.438. The normalized spacial score (nSPS) is 51.7. The minimum atomic E-state index is -3.92. The first-order chi connectivity index (χ1) is 12.6. The van der Waals surface area contributed by atoms with Gasteiger partial charge in [-0.1, -0.05) is 6.85 Å². The van der Waals surface area contributed by atoms with Gasteiger partial charge in [0.1, 0.15) is 0 Å². The van der Waals surface area contributed by atoms with E-state index in [0.717, 1.165) is 0 Å². The van der Waals surface area contributed by atoms with Crippen molar-refractivity contribution in [2.45, 2.75) is 19.6 Å². The summed E-state index contributed by atoms with van der Waals surface area (Å²) in [6.07, 6.45) is -9.59. The molecule has 1 aromatic rings. The highest BCUT2D eigenvalue weighted by Crippen LogP contribution is 2.23. The molecule has 0 saturated carbocycles. The van der Waals surface area contributed by atoms with E-state index in [1.54, 1.807) is 0 Å². The van der Waals surface area contributed by atoms with Crippen molar-refractivity contribution < 1.29 is 20.6 Å². The number of hydrogen-bond donors (Lipinski definition) is 1. The van der Waals surface area contributed by atoms with Gasteiger partial charge in [0.25, 0.3) is 0 Å². The van der Waals surface area contributed by atoms with Gasteiger partial charge in [0.05, 0.1) is 21.7 Å². The van der Waals surface area contributed by atoms with Crippen molar-refractivity contribution in [3.8, 4) is 0 Å². The molecule has 0 atom stereocenters. The molecule has 1 aliphatic heterocycles. The smallest absolute Gasteiger partial charge is 0.0862 e. The number of hydrogen-bond acceptors (Lipinski definition) is 3. The zero-order valence-corrected chi connectivity index (χ0v) is 6.97. The standard InChI is InChI=1S/C11H17N3/c1-9-2-4-14(5-3-9)11-6-10(12)7-13-8-11/h6-9H,2-5,12H2,1H3/i1D3,2D2,3D2,4D2,5D2,6D,7D,8D,9D. The number of piperidine rings is 1. The van der Waals surface area contributed by atoms with E-state index >= 15 is 0 Å². The Bertz CT molecular complexity index is 817. The van der Waals surface area contributed by atoms with E-state index in [0.29, 0.717) is 0 Å². The summed E-state index contributed by atoms with van der Waals surface area (Å²) >= 11 is 0. The van der Waals surface area contributed by atoms with Crippen molar-refractivity contribution in [2.75, 3.05) is 23.6 Å². The summed E-state index contributed by atoms with van der Waals surface area (Å²) in [5.74, 6) is -3.92. The zero-order chi connectivity index (χ0) is 23.2. The Morgan fingerprint density at radius 1 is 1.71 bits per heavy atom. The van der Waals surface area contributed by atoms with Gasteiger partial charge in [-0.2, -0.15) is 0 Å². The van der Waals surface area contributed by atoms with Crippen LogP contribution in [0.4, 0.5) is 11.4 Å². The molecular formula is C11H17N3. The molecule has 2 heterocycles. The molecule has 0 unspecified atom stereocenters. The highest BCUT2D eigenvalue weighted by molar-refractivity contribution is 5.53. The second-order valence-electron chi connectivity index (χ2n) is 2.41. The summed E-state index contributed by atoms with van der Waals surface area (Å²) in [4.78, 5) is 3.09. The summed E-state index contributed by atoms with van der Waals surface area (Å²) in [7, 11) is 0. The molecule has 0 radical (unpaired) electrons. The second kappa shape index (κ2) is 3.86. The Morgan fingerprint density at radius 2 is 2.50 bits per heavy atom. The van der Waals surface area contributed by atoms with E-state index in [2.05, 4.69) is 4.98 Å². The Kier molecular flexibility index (Phi) is 0.588. The average molecular weight is 206 g/mol. The fraction of sp³-hybridized carbons (Fsp3) is 0.545. The van der Waals surface area contributed by atoms with Gasteiger partial charge < -0.3 is 10.6 Å². The van der Waals surface area contributed by atoms with Crippen LogP contribution in [-0.2, 0) is 0 Å². The lowest BCUT2D eigenvalue weighted by Gasteiger charge is -2.31.